The zero-order valence-electron chi connectivity index (χ0n) is 8.21. The summed E-state index contributed by atoms with van der Waals surface area (Å²) in [7, 11) is 1.39. The van der Waals surface area contributed by atoms with Crippen molar-refractivity contribution in [2.24, 2.45) is 0 Å². The highest BCUT2D eigenvalue weighted by molar-refractivity contribution is 5.90. The van der Waals surface area contributed by atoms with Gasteiger partial charge in [0.05, 0.1) is 4.92 Å². The van der Waals surface area contributed by atoms with Gasteiger partial charge >= 0.3 is 11.7 Å². The van der Waals surface area contributed by atoms with E-state index in [1.165, 1.54) is 7.05 Å². The van der Waals surface area contributed by atoms with E-state index in [2.05, 4.69) is 10.4 Å². The van der Waals surface area contributed by atoms with Crippen molar-refractivity contribution in [2.75, 3.05) is 7.05 Å². The van der Waals surface area contributed by atoms with Gasteiger partial charge in [-0.1, -0.05) is 0 Å². The number of carboxylic acid groups (broad SMARTS) is 1. The average molecular weight is 228 g/mol. The van der Waals surface area contributed by atoms with E-state index in [1.807, 2.05) is 0 Å². The minimum Gasteiger partial charge on any atom is -0.476 e. The predicted octanol–water partition coefficient (Wildman–Crippen LogP) is -0.764. The molecule has 0 aliphatic carbocycles. The molecule has 1 aromatic rings. The van der Waals surface area contributed by atoms with Crippen molar-refractivity contribution in [1.82, 2.24) is 15.1 Å². The van der Waals surface area contributed by atoms with Crippen LogP contribution in [0.25, 0.3) is 0 Å². The lowest BCUT2D eigenvalue weighted by Gasteiger charge is -1.97. The Labute approximate surface area is 88.8 Å². The van der Waals surface area contributed by atoms with E-state index in [0.717, 1.165) is 10.9 Å². The van der Waals surface area contributed by atoms with Crippen LogP contribution in [-0.4, -0.2) is 38.7 Å². The molecule has 2 N–H and O–H groups in total. The molecular weight excluding hydrogens is 220 g/mol. The Morgan fingerprint density at radius 1 is 1.69 bits per heavy atom. The Hall–Kier alpha value is -2.45. The molecule has 0 fully saturated rings. The Morgan fingerprint density at radius 3 is 2.69 bits per heavy atom. The van der Waals surface area contributed by atoms with E-state index in [4.69, 9.17) is 5.11 Å². The summed E-state index contributed by atoms with van der Waals surface area (Å²) >= 11 is 0. The maximum absolute atomic E-state index is 11.0. The highest BCUT2D eigenvalue weighted by Crippen LogP contribution is 2.16. The molecular formula is C7H8N4O5. The molecule has 0 saturated heterocycles. The zero-order valence-corrected chi connectivity index (χ0v) is 8.21. The number of hydrogen-bond donors (Lipinski definition) is 2. The van der Waals surface area contributed by atoms with Crippen LogP contribution in [0.3, 0.4) is 0 Å². The van der Waals surface area contributed by atoms with E-state index >= 15 is 0 Å². The van der Waals surface area contributed by atoms with Crippen LogP contribution < -0.4 is 5.32 Å². The predicted molar refractivity (Wildman–Crippen MR) is 49.9 cm³/mol. The molecule has 0 bridgehead atoms. The van der Waals surface area contributed by atoms with Gasteiger partial charge < -0.3 is 10.4 Å². The Bertz CT molecular complexity index is 420. The summed E-state index contributed by atoms with van der Waals surface area (Å²) in [5.41, 5.74) is -1.33. The van der Waals surface area contributed by atoms with Crippen molar-refractivity contribution >= 4 is 17.6 Å². The summed E-state index contributed by atoms with van der Waals surface area (Å²) < 4.78 is 0.903. The molecule has 1 amide bonds. The van der Waals surface area contributed by atoms with E-state index in [9.17, 15) is 19.7 Å². The molecule has 9 heteroatoms. The van der Waals surface area contributed by atoms with E-state index in [-0.39, 0.29) is 6.54 Å². The molecule has 9 nitrogen and oxygen atoms in total. The number of nitrogens with zero attached hydrogens (tertiary/aromatic N) is 3. The fourth-order valence-electron chi connectivity index (χ4n) is 1.00. The standard InChI is InChI=1S/C7H8N4O5/c1-8-5(12)3-10-2-4(11(15)16)6(9-10)7(13)14/h2H,3H2,1H3,(H,8,12)(H,13,14). The largest absolute Gasteiger partial charge is 0.476 e. The minimum atomic E-state index is -1.51. The second kappa shape index (κ2) is 4.38. The van der Waals surface area contributed by atoms with Gasteiger partial charge in [-0.05, 0) is 0 Å². The fourth-order valence-corrected chi connectivity index (χ4v) is 1.00. The normalized spacial score (nSPS) is 9.81. The third kappa shape index (κ3) is 2.32. The minimum absolute atomic E-state index is 0.273. The molecule has 0 saturated carbocycles. The summed E-state index contributed by atoms with van der Waals surface area (Å²) in [6.07, 6.45) is 0.901. The van der Waals surface area contributed by atoms with Crippen LogP contribution >= 0.6 is 0 Å². The molecule has 1 aromatic heterocycles. The van der Waals surface area contributed by atoms with Crippen LogP contribution in [0.15, 0.2) is 6.20 Å². The van der Waals surface area contributed by atoms with Gasteiger partial charge in [0.15, 0.2) is 0 Å². The van der Waals surface area contributed by atoms with Gasteiger partial charge in [0.25, 0.3) is 0 Å². The smallest absolute Gasteiger partial charge is 0.363 e. The SMILES string of the molecule is CNC(=O)Cn1cc([N+](=O)[O-])c(C(=O)O)n1. The topological polar surface area (TPSA) is 127 Å². The quantitative estimate of drug-likeness (QED) is 0.514. The number of aromatic carboxylic acids is 1. The van der Waals surface area contributed by atoms with Crippen LogP contribution in [0, 0.1) is 10.1 Å². The van der Waals surface area contributed by atoms with Crippen molar-refractivity contribution in [3.8, 4) is 0 Å². The fraction of sp³-hybridized carbons (Fsp3) is 0.286. The summed E-state index contributed by atoms with van der Waals surface area (Å²) in [5.74, 6) is -1.95. The molecule has 16 heavy (non-hydrogen) atoms. The van der Waals surface area contributed by atoms with Gasteiger partial charge in [-0.3, -0.25) is 19.6 Å². The summed E-state index contributed by atoms with van der Waals surface area (Å²) in [5, 5.41) is 24.8. The number of likely N-dealkylation sites (N-methyl/N-ethyl adjacent to an activating group) is 1. The summed E-state index contributed by atoms with van der Waals surface area (Å²) in [6.45, 7) is -0.273. The lowest BCUT2D eigenvalue weighted by molar-refractivity contribution is -0.385. The maximum Gasteiger partial charge on any atom is 0.363 e. The molecule has 0 atom stereocenters. The van der Waals surface area contributed by atoms with Crippen molar-refractivity contribution < 1.29 is 19.6 Å². The first-order chi connectivity index (χ1) is 7.45. The number of carbonyl (C=O) groups excluding carboxylic acids is 1. The van der Waals surface area contributed by atoms with Gasteiger partial charge in [0.2, 0.25) is 11.6 Å². The lowest BCUT2D eigenvalue weighted by Crippen LogP contribution is -2.23. The average Bonchev–Trinajstić information content (AvgIpc) is 2.61. The second-order valence-corrected chi connectivity index (χ2v) is 2.80. The van der Waals surface area contributed by atoms with Crippen LogP contribution in [0.2, 0.25) is 0 Å². The van der Waals surface area contributed by atoms with Gasteiger partial charge in [0.1, 0.15) is 12.7 Å². The van der Waals surface area contributed by atoms with E-state index in [0.29, 0.717) is 0 Å². The van der Waals surface area contributed by atoms with Crippen molar-refractivity contribution in [2.45, 2.75) is 6.54 Å². The number of carboxylic acids is 1. The second-order valence-electron chi connectivity index (χ2n) is 2.80. The van der Waals surface area contributed by atoms with E-state index in [1.54, 1.807) is 0 Å². The molecule has 0 aromatic carbocycles. The van der Waals surface area contributed by atoms with Crippen molar-refractivity contribution in [3.05, 3.63) is 22.0 Å². The van der Waals surface area contributed by atoms with Crippen LogP contribution in [0.5, 0.6) is 0 Å². The van der Waals surface area contributed by atoms with Crippen LogP contribution in [-0.2, 0) is 11.3 Å². The van der Waals surface area contributed by atoms with Crippen LogP contribution in [0.4, 0.5) is 5.69 Å². The van der Waals surface area contributed by atoms with Gasteiger partial charge in [0, 0.05) is 7.05 Å². The molecule has 0 unspecified atom stereocenters. The van der Waals surface area contributed by atoms with Crippen LogP contribution in [0.1, 0.15) is 10.5 Å². The van der Waals surface area contributed by atoms with Crippen molar-refractivity contribution in [1.29, 1.82) is 0 Å². The number of carbonyl (C=O) groups is 2. The highest BCUT2D eigenvalue weighted by Gasteiger charge is 2.25. The first kappa shape index (κ1) is 11.6. The molecule has 0 radical (unpaired) electrons. The zero-order chi connectivity index (χ0) is 12.3. The van der Waals surface area contributed by atoms with Gasteiger partial charge in [-0.25, -0.2) is 4.79 Å². The van der Waals surface area contributed by atoms with Crippen molar-refractivity contribution in [3.63, 3.8) is 0 Å². The lowest BCUT2D eigenvalue weighted by atomic mass is 10.4. The third-order valence-electron chi connectivity index (χ3n) is 1.73. The number of aromatic nitrogens is 2. The van der Waals surface area contributed by atoms with Gasteiger partial charge in [-0.15, -0.1) is 0 Å². The number of hydrogen-bond acceptors (Lipinski definition) is 5. The maximum atomic E-state index is 11.0. The third-order valence-corrected chi connectivity index (χ3v) is 1.73. The van der Waals surface area contributed by atoms with Gasteiger partial charge in [-0.2, -0.15) is 5.10 Å². The molecule has 0 aliphatic heterocycles. The Balaban J connectivity index is 3.06. The summed E-state index contributed by atoms with van der Waals surface area (Å²) in [4.78, 5) is 31.2. The summed E-state index contributed by atoms with van der Waals surface area (Å²) in [6, 6.07) is 0. The van der Waals surface area contributed by atoms with E-state index < -0.39 is 28.2 Å². The number of amides is 1. The number of nitrogens with one attached hydrogen (secondary N) is 1. The molecule has 0 aliphatic rings. The Kier molecular flexibility index (Phi) is 3.18. The Morgan fingerprint density at radius 2 is 2.31 bits per heavy atom. The molecule has 86 valence electrons. The molecule has 1 heterocycles. The monoisotopic (exact) mass is 228 g/mol. The first-order valence-electron chi connectivity index (χ1n) is 4.11. The number of nitro groups is 1. The molecule has 0 spiro atoms. The highest BCUT2D eigenvalue weighted by atomic mass is 16.6. The number of rotatable bonds is 4. The first-order valence-corrected chi connectivity index (χ1v) is 4.11. The molecule has 1 rings (SSSR count).